The van der Waals surface area contributed by atoms with Gasteiger partial charge in [-0.15, -0.1) is 0 Å². The Kier molecular flexibility index (Phi) is 5.01. The zero-order chi connectivity index (χ0) is 13.0. The highest BCUT2D eigenvalue weighted by Gasteiger charge is 2.27. The second kappa shape index (κ2) is 6.53. The molecule has 0 radical (unpaired) electrons. The smallest absolute Gasteiger partial charge is 0.234 e. The Morgan fingerprint density at radius 1 is 1.39 bits per heavy atom. The largest absolute Gasteiger partial charge is 0.378 e. The van der Waals surface area contributed by atoms with E-state index >= 15 is 0 Å². The minimum absolute atomic E-state index is 0.210. The van der Waals surface area contributed by atoms with Gasteiger partial charge in [-0.25, -0.2) is 0 Å². The lowest BCUT2D eigenvalue weighted by atomic mass is 9.89. The number of nitrogens with one attached hydrogen (secondary N) is 1. The molecule has 1 amide bonds. The first-order valence-corrected chi connectivity index (χ1v) is 7.32. The van der Waals surface area contributed by atoms with Crippen LogP contribution < -0.4 is 11.1 Å². The van der Waals surface area contributed by atoms with Crippen LogP contribution in [0.15, 0.2) is 0 Å². The maximum absolute atomic E-state index is 11.3. The fourth-order valence-electron chi connectivity index (χ4n) is 2.72. The van der Waals surface area contributed by atoms with Gasteiger partial charge < -0.3 is 15.8 Å². The van der Waals surface area contributed by atoms with Gasteiger partial charge in [0.05, 0.1) is 12.1 Å². The van der Waals surface area contributed by atoms with Gasteiger partial charge in [-0.05, 0) is 38.0 Å². The maximum atomic E-state index is 11.3. The maximum Gasteiger partial charge on any atom is 0.234 e. The lowest BCUT2D eigenvalue weighted by Gasteiger charge is -2.27. The number of carbonyl (C=O) groups is 1. The van der Waals surface area contributed by atoms with Gasteiger partial charge in [0.25, 0.3) is 0 Å². The third kappa shape index (κ3) is 4.58. The summed E-state index contributed by atoms with van der Waals surface area (Å²) in [7, 11) is 0. The summed E-state index contributed by atoms with van der Waals surface area (Å²) in [4.78, 5) is 11.3. The molecule has 2 aliphatic rings. The second-order valence-electron chi connectivity index (χ2n) is 5.95. The summed E-state index contributed by atoms with van der Waals surface area (Å²) in [5.41, 5.74) is 5.40. The van der Waals surface area contributed by atoms with Gasteiger partial charge >= 0.3 is 0 Å². The van der Waals surface area contributed by atoms with Gasteiger partial charge in [0, 0.05) is 12.6 Å². The van der Waals surface area contributed by atoms with E-state index in [2.05, 4.69) is 12.2 Å². The molecule has 0 bridgehead atoms. The molecule has 3 atom stereocenters. The number of amides is 1. The van der Waals surface area contributed by atoms with Crippen molar-refractivity contribution in [3.63, 3.8) is 0 Å². The predicted octanol–water partition coefficient (Wildman–Crippen LogP) is 1.58. The highest BCUT2D eigenvalue weighted by atomic mass is 16.5. The first kappa shape index (κ1) is 13.8. The fourth-order valence-corrected chi connectivity index (χ4v) is 2.72. The van der Waals surface area contributed by atoms with E-state index in [9.17, 15) is 4.79 Å². The molecule has 2 fully saturated rings. The molecule has 0 aromatic carbocycles. The van der Waals surface area contributed by atoms with Gasteiger partial charge in [-0.3, -0.25) is 4.79 Å². The lowest BCUT2D eigenvalue weighted by molar-refractivity contribution is -0.120. The van der Waals surface area contributed by atoms with Crippen LogP contribution in [0, 0.1) is 5.92 Å². The van der Waals surface area contributed by atoms with Crippen LogP contribution >= 0.6 is 0 Å². The number of primary amides is 1. The molecular weight excluding hydrogens is 228 g/mol. The molecule has 0 saturated heterocycles. The lowest BCUT2D eigenvalue weighted by Crippen LogP contribution is -2.43. The van der Waals surface area contributed by atoms with Crippen LogP contribution in [-0.4, -0.2) is 30.7 Å². The van der Waals surface area contributed by atoms with E-state index in [0.29, 0.717) is 25.2 Å². The van der Waals surface area contributed by atoms with Crippen molar-refractivity contribution in [3.8, 4) is 0 Å². The topological polar surface area (TPSA) is 64.3 Å². The van der Waals surface area contributed by atoms with Crippen molar-refractivity contribution >= 4 is 5.91 Å². The zero-order valence-electron chi connectivity index (χ0n) is 11.4. The van der Waals surface area contributed by atoms with Crippen molar-refractivity contribution in [1.82, 2.24) is 5.32 Å². The molecule has 4 nitrogen and oxygen atoms in total. The van der Waals surface area contributed by atoms with E-state index in [4.69, 9.17) is 10.5 Å². The number of nitrogens with two attached hydrogens (primary N) is 1. The molecular formula is C14H26N2O2. The molecule has 0 aromatic heterocycles. The Morgan fingerprint density at radius 2 is 2.17 bits per heavy atom. The monoisotopic (exact) mass is 254 g/mol. The van der Waals surface area contributed by atoms with Crippen LogP contribution in [0.4, 0.5) is 0 Å². The average Bonchev–Trinajstić information content (AvgIpc) is 3.11. The Balaban J connectivity index is 1.64. The van der Waals surface area contributed by atoms with Gasteiger partial charge in [-0.2, -0.15) is 0 Å². The van der Waals surface area contributed by atoms with Crippen molar-refractivity contribution in [1.29, 1.82) is 0 Å². The summed E-state index contributed by atoms with van der Waals surface area (Å²) in [5.74, 6) is 0.530. The Labute approximate surface area is 110 Å². The van der Waals surface area contributed by atoms with Crippen molar-refractivity contribution < 1.29 is 9.53 Å². The van der Waals surface area contributed by atoms with E-state index in [0.717, 1.165) is 12.3 Å². The van der Waals surface area contributed by atoms with Gasteiger partial charge in [0.15, 0.2) is 0 Å². The molecule has 0 spiro atoms. The third-order valence-electron chi connectivity index (χ3n) is 4.01. The highest BCUT2D eigenvalue weighted by molar-refractivity contribution is 5.79. The minimum atomic E-state index is -0.248. The Morgan fingerprint density at radius 3 is 2.78 bits per heavy atom. The van der Waals surface area contributed by atoms with Crippen molar-refractivity contribution in [2.24, 2.45) is 11.7 Å². The van der Waals surface area contributed by atoms with Crippen LogP contribution in [0.25, 0.3) is 0 Å². The van der Waals surface area contributed by atoms with Crippen LogP contribution in [0.5, 0.6) is 0 Å². The highest BCUT2D eigenvalue weighted by Crippen LogP contribution is 2.26. The van der Waals surface area contributed by atoms with Crippen LogP contribution in [0.3, 0.4) is 0 Å². The van der Waals surface area contributed by atoms with E-state index in [1.807, 2.05) is 0 Å². The van der Waals surface area contributed by atoms with E-state index in [-0.39, 0.29) is 11.9 Å². The molecule has 2 aliphatic carbocycles. The summed E-state index contributed by atoms with van der Waals surface area (Å²) in [6, 6.07) is 0.302. The molecule has 0 aliphatic heterocycles. The molecule has 3 N–H and O–H groups in total. The summed E-state index contributed by atoms with van der Waals surface area (Å²) in [5, 5.41) is 3.28. The number of hydrogen-bond acceptors (Lipinski definition) is 3. The molecule has 0 aromatic rings. The summed E-state index contributed by atoms with van der Waals surface area (Å²) in [6.45, 7) is 2.93. The second-order valence-corrected chi connectivity index (χ2v) is 5.95. The normalized spacial score (nSPS) is 30.1. The zero-order valence-corrected chi connectivity index (χ0v) is 11.4. The first-order chi connectivity index (χ1) is 8.65. The molecule has 4 heteroatoms. The van der Waals surface area contributed by atoms with Gasteiger partial charge in [0.1, 0.15) is 0 Å². The van der Waals surface area contributed by atoms with Crippen molar-refractivity contribution in [3.05, 3.63) is 0 Å². The van der Waals surface area contributed by atoms with E-state index < -0.39 is 0 Å². The van der Waals surface area contributed by atoms with E-state index in [1.54, 1.807) is 0 Å². The summed E-state index contributed by atoms with van der Waals surface area (Å²) >= 11 is 0. The standard InChI is InChI=1S/C14H26N2O2/c1-10-3-2-4-12(9-10)18-8-7-13(14(15)17)16-11-5-6-11/h10-13,16H,2-9H2,1H3,(H2,15,17). The van der Waals surface area contributed by atoms with Crippen LogP contribution in [0.1, 0.15) is 51.9 Å². The van der Waals surface area contributed by atoms with Gasteiger partial charge in [-0.1, -0.05) is 19.8 Å². The van der Waals surface area contributed by atoms with Crippen molar-refractivity contribution in [2.45, 2.75) is 70.1 Å². The predicted molar refractivity (Wildman–Crippen MR) is 71.1 cm³/mol. The summed E-state index contributed by atoms with van der Waals surface area (Å²) < 4.78 is 5.89. The third-order valence-corrected chi connectivity index (χ3v) is 4.01. The molecule has 18 heavy (non-hydrogen) atoms. The number of rotatable bonds is 7. The van der Waals surface area contributed by atoms with Crippen LogP contribution in [-0.2, 0) is 9.53 Å². The molecule has 0 heterocycles. The molecule has 2 rings (SSSR count). The van der Waals surface area contributed by atoms with E-state index in [1.165, 1.54) is 32.1 Å². The average molecular weight is 254 g/mol. The molecule has 104 valence electrons. The molecule has 3 unspecified atom stereocenters. The molecule has 2 saturated carbocycles. The first-order valence-electron chi connectivity index (χ1n) is 7.32. The number of ether oxygens (including phenoxy) is 1. The summed E-state index contributed by atoms with van der Waals surface area (Å²) in [6.07, 6.45) is 8.37. The quantitative estimate of drug-likeness (QED) is 0.725. The Hall–Kier alpha value is -0.610. The number of hydrogen-bond donors (Lipinski definition) is 2. The van der Waals surface area contributed by atoms with Crippen molar-refractivity contribution in [2.75, 3.05) is 6.61 Å². The number of carbonyl (C=O) groups excluding carboxylic acids is 1. The Bertz CT molecular complexity index is 279. The van der Waals surface area contributed by atoms with Gasteiger partial charge in [0.2, 0.25) is 5.91 Å². The SMILES string of the molecule is CC1CCCC(OCCC(NC2CC2)C(N)=O)C1. The fraction of sp³-hybridized carbons (Fsp3) is 0.929. The van der Waals surface area contributed by atoms with Crippen LogP contribution in [0.2, 0.25) is 0 Å². The minimum Gasteiger partial charge on any atom is -0.378 e.